The highest BCUT2D eigenvalue weighted by Gasteiger charge is 2.11. The maximum Gasteiger partial charge on any atom is 0.352 e. The first-order valence-corrected chi connectivity index (χ1v) is 5.05. The van der Waals surface area contributed by atoms with E-state index in [1.807, 2.05) is 37.3 Å². The molecule has 1 aromatic carbocycles. The van der Waals surface area contributed by atoms with E-state index in [2.05, 4.69) is 0 Å². The first-order valence-electron chi connectivity index (χ1n) is 5.05. The number of aryl methyl sites for hydroxylation is 1. The number of nitrogens with zero attached hydrogens (tertiary/aromatic N) is 1. The zero-order valence-electron chi connectivity index (χ0n) is 9.27. The molecule has 0 aliphatic heterocycles. The van der Waals surface area contributed by atoms with Crippen LogP contribution in [0.2, 0.25) is 0 Å². The van der Waals surface area contributed by atoms with E-state index >= 15 is 0 Å². The second-order valence-electron chi connectivity index (χ2n) is 3.83. The Bertz CT molecular complexity index is 523. The van der Waals surface area contributed by atoms with Crippen molar-refractivity contribution in [2.75, 3.05) is 0 Å². The smallest absolute Gasteiger partial charge is 0.352 e. The zero-order valence-corrected chi connectivity index (χ0v) is 9.27. The maximum atomic E-state index is 10.9. The third kappa shape index (κ3) is 1.72. The lowest BCUT2D eigenvalue weighted by Gasteiger charge is -2.05. The van der Waals surface area contributed by atoms with Gasteiger partial charge in [-0.1, -0.05) is 29.8 Å². The van der Waals surface area contributed by atoms with Crippen LogP contribution in [0.3, 0.4) is 0 Å². The van der Waals surface area contributed by atoms with Crippen LogP contribution in [0, 0.1) is 6.92 Å². The molecule has 0 saturated carbocycles. The maximum absolute atomic E-state index is 10.9. The molecule has 0 atom stereocenters. The largest absolute Gasteiger partial charge is 0.477 e. The van der Waals surface area contributed by atoms with Crippen molar-refractivity contribution in [1.82, 2.24) is 4.57 Å². The van der Waals surface area contributed by atoms with Gasteiger partial charge in [0.05, 0.1) is 0 Å². The lowest BCUT2D eigenvalue weighted by atomic mass is 10.1. The minimum absolute atomic E-state index is 0.301. The van der Waals surface area contributed by atoms with Crippen molar-refractivity contribution in [3.05, 3.63) is 47.7 Å². The van der Waals surface area contributed by atoms with E-state index in [0.717, 1.165) is 11.3 Å². The number of carbonyl (C=O) groups is 1. The van der Waals surface area contributed by atoms with Gasteiger partial charge < -0.3 is 9.67 Å². The average molecular weight is 215 g/mol. The van der Waals surface area contributed by atoms with E-state index in [1.54, 1.807) is 17.7 Å². The third-order valence-electron chi connectivity index (χ3n) is 2.69. The Morgan fingerprint density at radius 2 is 1.75 bits per heavy atom. The topological polar surface area (TPSA) is 42.2 Å². The van der Waals surface area contributed by atoms with Crippen molar-refractivity contribution < 1.29 is 9.90 Å². The lowest BCUT2D eigenvalue weighted by molar-refractivity contribution is 0.0687. The van der Waals surface area contributed by atoms with Crippen LogP contribution in [0.5, 0.6) is 0 Å². The average Bonchev–Trinajstić information content (AvgIpc) is 2.61. The molecule has 82 valence electrons. The number of rotatable bonds is 2. The van der Waals surface area contributed by atoms with Crippen molar-refractivity contribution in [3.63, 3.8) is 0 Å². The predicted octanol–water partition coefficient (Wildman–Crippen LogP) is 2.70. The van der Waals surface area contributed by atoms with Gasteiger partial charge in [0.2, 0.25) is 0 Å². The molecule has 0 radical (unpaired) electrons. The molecule has 1 heterocycles. The Labute approximate surface area is 94.0 Å². The Kier molecular flexibility index (Phi) is 2.52. The third-order valence-corrected chi connectivity index (χ3v) is 2.69. The van der Waals surface area contributed by atoms with Gasteiger partial charge in [0.1, 0.15) is 5.69 Å². The fourth-order valence-corrected chi connectivity index (χ4v) is 1.74. The standard InChI is InChI=1S/C13H13NO2/c1-9-3-5-10(6-4-9)11-7-8-12(13(15)16)14(11)2/h3-8H,1-2H3,(H,15,16). The molecule has 3 nitrogen and oxygen atoms in total. The SMILES string of the molecule is Cc1ccc(-c2ccc(C(=O)O)n2C)cc1. The fourth-order valence-electron chi connectivity index (χ4n) is 1.74. The Morgan fingerprint density at radius 3 is 2.25 bits per heavy atom. The van der Waals surface area contributed by atoms with Gasteiger partial charge >= 0.3 is 5.97 Å². The van der Waals surface area contributed by atoms with E-state index < -0.39 is 5.97 Å². The summed E-state index contributed by atoms with van der Waals surface area (Å²) < 4.78 is 1.69. The number of hydrogen-bond acceptors (Lipinski definition) is 1. The van der Waals surface area contributed by atoms with Crippen molar-refractivity contribution in [2.24, 2.45) is 7.05 Å². The highest BCUT2D eigenvalue weighted by atomic mass is 16.4. The molecule has 0 saturated heterocycles. The second kappa shape index (κ2) is 3.85. The summed E-state index contributed by atoms with van der Waals surface area (Å²) in [5, 5.41) is 8.95. The lowest BCUT2D eigenvalue weighted by Crippen LogP contribution is -2.04. The number of aromatic nitrogens is 1. The van der Waals surface area contributed by atoms with Crippen LogP contribution in [-0.2, 0) is 7.05 Å². The molecule has 0 amide bonds. The molecule has 0 bridgehead atoms. The molecule has 0 unspecified atom stereocenters. The highest BCUT2D eigenvalue weighted by molar-refractivity contribution is 5.87. The van der Waals surface area contributed by atoms with Gasteiger partial charge in [-0.15, -0.1) is 0 Å². The number of aromatic carboxylic acids is 1. The minimum Gasteiger partial charge on any atom is -0.477 e. The Hall–Kier alpha value is -2.03. The first-order chi connectivity index (χ1) is 7.59. The van der Waals surface area contributed by atoms with Crippen LogP contribution >= 0.6 is 0 Å². The molecule has 3 heteroatoms. The molecule has 2 aromatic rings. The van der Waals surface area contributed by atoms with E-state index in [1.165, 1.54) is 5.56 Å². The van der Waals surface area contributed by atoms with Crippen molar-refractivity contribution in [1.29, 1.82) is 0 Å². The first kappa shape index (κ1) is 10.5. The highest BCUT2D eigenvalue weighted by Crippen LogP contribution is 2.21. The van der Waals surface area contributed by atoms with Crippen LogP contribution in [0.1, 0.15) is 16.1 Å². The minimum atomic E-state index is -0.902. The number of benzene rings is 1. The van der Waals surface area contributed by atoms with Crippen LogP contribution in [0.15, 0.2) is 36.4 Å². The fraction of sp³-hybridized carbons (Fsp3) is 0.154. The number of carboxylic acid groups (broad SMARTS) is 1. The summed E-state index contributed by atoms with van der Waals surface area (Å²) in [6.45, 7) is 2.03. The molecule has 2 rings (SSSR count). The van der Waals surface area contributed by atoms with Gasteiger partial charge in [-0.3, -0.25) is 0 Å². The van der Waals surface area contributed by atoms with Gasteiger partial charge in [-0.25, -0.2) is 4.79 Å². The van der Waals surface area contributed by atoms with E-state index in [4.69, 9.17) is 5.11 Å². The van der Waals surface area contributed by atoms with Crippen LogP contribution in [0.4, 0.5) is 0 Å². The monoisotopic (exact) mass is 215 g/mol. The molecule has 0 aliphatic carbocycles. The van der Waals surface area contributed by atoms with Gasteiger partial charge in [0.25, 0.3) is 0 Å². The summed E-state index contributed by atoms with van der Waals surface area (Å²) >= 11 is 0. The number of carboxylic acids is 1. The predicted molar refractivity (Wildman–Crippen MR) is 62.5 cm³/mol. The summed E-state index contributed by atoms with van der Waals surface area (Å²) in [6.07, 6.45) is 0. The molecule has 1 aromatic heterocycles. The number of hydrogen-bond donors (Lipinski definition) is 1. The quantitative estimate of drug-likeness (QED) is 0.836. The Morgan fingerprint density at radius 1 is 1.12 bits per heavy atom. The van der Waals surface area contributed by atoms with Crippen LogP contribution in [0.25, 0.3) is 11.3 Å². The van der Waals surface area contributed by atoms with Gasteiger partial charge in [-0.2, -0.15) is 0 Å². The summed E-state index contributed by atoms with van der Waals surface area (Å²) in [5.74, 6) is -0.902. The van der Waals surface area contributed by atoms with Crippen molar-refractivity contribution in [3.8, 4) is 11.3 Å². The van der Waals surface area contributed by atoms with E-state index in [0.29, 0.717) is 5.69 Å². The molecule has 0 spiro atoms. The molecule has 1 N–H and O–H groups in total. The molecular formula is C13H13NO2. The summed E-state index contributed by atoms with van der Waals surface area (Å²) in [4.78, 5) is 10.9. The van der Waals surface area contributed by atoms with Gasteiger partial charge in [-0.05, 0) is 24.6 Å². The van der Waals surface area contributed by atoms with E-state index in [9.17, 15) is 4.79 Å². The summed E-state index contributed by atoms with van der Waals surface area (Å²) in [7, 11) is 1.76. The molecule has 0 aliphatic rings. The van der Waals surface area contributed by atoms with Crippen LogP contribution < -0.4 is 0 Å². The van der Waals surface area contributed by atoms with Gasteiger partial charge in [0, 0.05) is 12.7 Å². The summed E-state index contributed by atoms with van der Waals surface area (Å²) in [5.41, 5.74) is 3.44. The normalized spacial score (nSPS) is 10.4. The molecular weight excluding hydrogens is 202 g/mol. The second-order valence-corrected chi connectivity index (χ2v) is 3.83. The zero-order chi connectivity index (χ0) is 11.7. The Balaban J connectivity index is 2.49. The van der Waals surface area contributed by atoms with Crippen LogP contribution in [-0.4, -0.2) is 15.6 Å². The van der Waals surface area contributed by atoms with Crippen molar-refractivity contribution in [2.45, 2.75) is 6.92 Å². The summed E-state index contributed by atoms with van der Waals surface area (Å²) in [6, 6.07) is 11.5. The van der Waals surface area contributed by atoms with Crippen molar-refractivity contribution >= 4 is 5.97 Å². The molecule has 16 heavy (non-hydrogen) atoms. The van der Waals surface area contributed by atoms with Gasteiger partial charge in [0.15, 0.2) is 0 Å². The van der Waals surface area contributed by atoms with E-state index in [-0.39, 0.29) is 0 Å². The molecule has 0 fully saturated rings.